The van der Waals surface area contributed by atoms with Crippen molar-refractivity contribution in [3.05, 3.63) is 64.6 Å². The van der Waals surface area contributed by atoms with Crippen molar-refractivity contribution in [3.63, 3.8) is 0 Å². The van der Waals surface area contributed by atoms with Gasteiger partial charge in [0.15, 0.2) is 0 Å². The van der Waals surface area contributed by atoms with E-state index in [4.69, 9.17) is 4.74 Å². The average Bonchev–Trinajstić information content (AvgIpc) is 2.98. The van der Waals surface area contributed by atoms with Gasteiger partial charge in [0, 0.05) is 5.56 Å². The Bertz CT molecular complexity index is 940. The van der Waals surface area contributed by atoms with Crippen molar-refractivity contribution >= 4 is 40.6 Å². The lowest BCUT2D eigenvalue weighted by molar-refractivity contribution is -0.115. The maximum Gasteiger partial charge on any atom is 0.290 e. The summed E-state index contributed by atoms with van der Waals surface area (Å²) in [5.74, 6) is 0.0941. The van der Waals surface area contributed by atoms with Crippen LogP contribution in [0, 0.1) is 0 Å². The Labute approximate surface area is 153 Å². The van der Waals surface area contributed by atoms with E-state index in [1.165, 1.54) is 0 Å². The van der Waals surface area contributed by atoms with Crippen LogP contribution in [0.25, 0.3) is 6.08 Å². The van der Waals surface area contributed by atoms with E-state index in [9.17, 15) is 14.4 Å². The molecule has 0 atom stereocenters. The molecule has 2 aliphatic heterocycles. The molecule has 4 rings (SSSR count). The fourth-order valence-corrected chi connectivity index (χ4v) is 3.53. The Kier molecular flexibility index (Phi) is 4.22. The summed E-state index contributed by atoms with van der Waals surface area (Å²) in [6, 6.07) is 14.4. The predicted octanol–water partition coefficient (Wildman–Crippen LogP) is 3.05. The van der Waals surface area contributed by atoms with E-state index in [0.717, 1.165) is 11.8 Å². The maximum absolute atomic E-state index is 12.9. The summed E-state index contributed by atoms with van der Waals surface area (Å²) in [6.07, 6.45) is 1.63. The minimum absolute atomic E-state index is 0.108. The number of thioether (sulfide) groups is 1. The molecule has 0 radical (unpaired) electrons. The van der Waals surface area contributed by atoms with E-state index < -0.39 is 5.91 Å². The van der Waals surface area contributed by atoms with Crippen LogP contribution in [0.4, 0.5) is 10.5 Å². The van der Waals surface area contributed by atoms with Gasteiger partial charge in [0.25, 0.3) is 17.1 Å². The molecule has 0 aliphatic carbocycles. The van der Waals surface area contributed by atoms with Gasteiger partial charge in [-0.25, -0.2) is 0 Å². The minimum atomic E-state index is -0.411. The van der Waals surface area contributed by atoms with E-state index in [2.05, 4.69) is 5.32 Å². The monoisotopic (exact) mass is 366 g/mol. The third-order valence-electron chi connectivity index (χ3n) is 4.05. The number of carbonyl (C=O) groups is 3. The number of ether oxygens (including phenoxy) is 1. The molecule has 26 heavy (non-hydrogen) atoms. The van der Waals surface area contributed by atoms with Crippen LogP contribution in [0.1, 0.15) is 15.9 Å². The summed E-state index contributed by atoms with van der Waals surface area (Å²) in [5, 5.41) is 1.84. The molecule has 7 heteroatoms. The topological polar surface area (TPSA) is 75.7 Å². The highest BCUT2D eigenvalue weighted by Crippen LogP contribution is 2.35. The molecule has 0 spiro atoms. The van der Waals surface area contributed by atoms with E-state index in [-0.39, 0.29) is 11.1 Å². The van der Waals surface area contributed by atoms with Crippen LogP contribution in [0.5, 0.6) is 5.75 Å². The molecule has 0 bridgehead atoms. The molecule has 2 aromatic rings. The lowest BCUT2D eigenvalue weighted by Gasteiger charge is -2.30. The fourth-order valence-electron chi connectivity index (χ4n) is 2.84. The van der Waals surface area contributed by atoms with Crippen LogP contribution in [-0.2, 0) is 4.79 Å². The molecular weight excluding hydrogens is 352 g/mol. The summed E-state index contributed by atoms with van der Waals surface area (Å²) in [5.41, 5.74) is 1.96. The summed E-state index contributed by atoms with van der Waals surface area (Å²) >= 11 is 0.860. The molecule has 0 unspecified atom stereocenters. The number of anilines is 1. The minimum Gasteiger partial charge on any atom is -0.490 e. The SMILES string of the molecule is O=C1NC(=O)C(=Cc2ccc3c(c2)N(C(=O)c2ccccc2)CCO3)S1. The van der Waals surface area contributed by atoms with Gasteiger partial charge in [0.2, 0.25) is 0 Å². The average molecular weight is 366 g/mol. The maximum atomic E-state index is 12.9. The lowest BCUT2D eigenvalue weighted by atomic mass is 10.1. The van der Waals surface area contributed by atoms with Gasteiger partial charge in [0.05, 0.1) is 17.1 Å². The molecule has 130 valence electrons. The van der Waals surface area contributed by atoms with Crippen LogP contribution >= 0.6 is 11.8 Å². The number of amides is 3. The van der Waals surface area contributed by atoms with E-state index >= 15 is 0 Å². The van der Waals surface area contributed by atoms with Gasteiger partial charge in [-0.2, -0.15) is 0 Å². The number of nitrogens with one attached hydrogen (secondary N) is 1. The Morgan fingerprint density at radius 2 is 1.96 bits per heavy atom. The molecule has 0 saturated carbocycles. The lowest BCUT2D eigenvalue weighted by Crippen LogP contribution is -2.38. The first-order valence-corrected chi connectivity index (χ1v) is 8.82. The van der Waals surface area contributed by atoms with Gasteiger partial charge < -0.3 is 9.64 Å². The molecule has 1 fully saturated rings. The number of fused-ring (bicyclic) bond motifs is 1. The van der Waals surface area contributed by atoms with E-state index in [1.54, 1.807) is 41.3 Å². The third-order valence-corrected chi connectivity index (χ3v) is 4.86. The number of nitrogens with zero attached hydrogens (tertiary/aromatic N) is 1. The third kappa shape index (κ3) is 3.09. The second kappa shape index (κ2) is 6.68. The molecule has 2 heterocycles. The quantitative estimate of drug-likeness (QED) is 0.827. The van der Waals surface area contributed by atoms with E-state index in [0.29, 0.717) is 40.6 Å². The van der Waals surface area contributed by atoms with Gasteiger partial charge in [-0.1, -0.05) is 24.3 Å². The number of hydrogen-bond acceptors (Lipinski definition) is 5. The molecule has 1 saturated heterocycles. The Morgan fingerprint density at radius 3 is 2.69 bits per heavy atom. The second-order valence-electron chi connectivity index (χ2n) is 5.75. The van der Waals surface area contributed by atoms with Crippen LogP contribution in [0.2, 0.25) is 0 Å². The highest BCUT2D eigenvalue weighted by molar-refractivity contribution is 8.18. The van der Waals surface area contributed by atoms with Crippen molar-refractivity contribution in [2.75, 3.05) is 18.1 Å². The van der Waals surface area contributed by atoms with Crippen LogP contribution in [-0.4, -0.2) is 30.2 Å². The summed E-state index contributed by atoms with van der Waals surface area (Å²) < 4.78 is 5.65. The molecule has 0 aromatic heterocycles. The number of imide groups is 1. The first kappa shape index (κ1) is 16.4. The predicted molar refractivity (Wildman–Crippen MR) is 99.2 cm³/mol. The molecule has 6 nitrogen and oxygen atoms in total. The zero-order chi connectivity index (χ0) is 18.1. The molecule has 3 amide bonds. The van der Waals surface area contributed by atoms with Crippen LogP contribution < -0.4 is 15.0 Å². The van der Waals surface area contributed by atoms with Crippen molar-refractivity contribution in [2.45, 2.75) is 0 Å². The molecular formula is C19H14N2O4S. The zero-order valence-corrected chi connectivity index (χ0v) is 14.4. The van der Waals surface area contributed by atoms with Gasteiger partial charge in [-0.05, 0) is 47.7 Å². The standard InChI is InChI=1S/C19H14N2O4S/c22-17-16(26-19(24)20-17)11-12-6-7-15-14(10-12)21(8-9-25-15)18(23)13-4-2-1-3-5-13/h1-7,10-11H,8-9H2,(H,20,22,24). The number of benzene rings is 2. The number of hydrogen-bond donors (Lipinski definition) is 1. The molecule has 1 N–H and O–H groups in total. The van der Waals surface area contributed by atoms with Crippen LogP contribution in [0.3, 0.4) is 0 Å². The highest BCUT2D eigenvalue weighted by Gasteiger charge is 2.27. The molecule has 2 aliphatic rings. The highest BCUT2D eigenvalue weighted by atomic mass is 32.2. The molecule has 2 aromatic carbocycles. The summed E-state index contributed by atoms with van der Waals surface area (Å²) in [6.45, 7) is 0.854. The Hall–Kier alpha value is -3.06. The smallest absolute Gasteiger partial charge is 0.290 e. The van der Waals surface area contributed by atoms with Crippen LogP contribution in [0.15, 0.2) is 53.4 Å². The van der Waals surface area contributed by atoms with Crippen molar-refractivity contribution in [1.82, 2.24) is 5.32 Å². The van der Waals surface area contributed by atoms with Gasteiger partial charge in [0.1, 0.15) is 12.4 Å². The fraction of sp³-hybridized carbons (Fsp3) is 0.105. The number of rotatable bonds is 2. The van der Waals surface area contributed by atoms with Crippen molar-refractivity contribution in [2.24, 2.45) is 0 Å². The Balaban J connectivity index is 1.69. The summed E-state index contributed by atoms with van der Waals surface area (Å²) in [7, 11) is 0. The van der Waals surface area contributed by atoms with Gasteiger partial charge >= 0.3 is 0 Å². The van der Waals surface area contributed by atoms with Crippen molar-refractivity contribution < 1.29 is 19.1 Å². The van der Waals surface area contributed by atoms with Gasteiger partial charge in [-0.3, -0.25) is 19.7 Å². The first-order chi connectivity index (χ1) is 12.6. The van der Waals surface area contributed by atoms with Crippen molar-refractivity contribution in [3.8, 4) is 5.75 Å². The van der Waals surface area contributed by atoms with Gasteiger partial charge in [-0.15, -0.1) is 0 Å². The largest absolute Gasteiger partial charge is 0.490 e. The number of carbonyl (C=O) groups excluding carboxylic acids is 3. The summed E-state index contributed by atoms with van der Waals surface area (Å²) in [4.78, 5) is 37.9. The van der Waals surface area contributed by atoms with E-state index in [1.807, 2.05) is 18.2 Å². The normalized spacial score (nSPS) is 17.7. The zero-order valence-electron chi connectivity index (χ0n) is 13.6. The van der Waals surface area contributed by atoms with Crippen molar-refractivity contribution in [1.29, 1.82) is 0 Å². The Morgan fingerprint density at radius 1 is 1.15 bits per heavy atom. The first-order valence-electron chi connectivity index (χ1n) is 8.00. The second-order valence-corrected chi connectivity index (χ2v) is 6.77.